The molecule has 0 spiro atoms. The van der Waals surface area contributed by atoms with Gasteiger partial charge < -0.3 is 9.84 Å². The van der Waals surface area contributed by atoms with Crippen LogP contribution in [0.2, 0.25) is 0 Å². The summed E-state index contributed by atoms with van der Waals surface area (Å²) >= 11 is 3.47. The van der Waals surface area contributed by atoms with Crippen LogP contribution in [0.25, 0.3) is 0 Å². The van der Waals surface area contributed by atoms with Gasteiger partial charge in [-0.25, -0.2) is 0 Å². The second-order valence-electron chi connectivity index (χ2n) is 5.54. The van der Waals surface area contributed by atoms with Gasteiger partial charge in [0.1, 0.15) is 11.5 Å². The van der Waals surface area contributed by atoms with Crippen LogP contribution >= 0.6 is 15.9 Å². The molecule has 4 heteroatoms. The van der Waals surface area contributed by atoms with Crippen molar-refractivity contribution < 1.29 is 9.84 Å². The molecular weight excluding hydrogens is 378 g/mol. The molecule has 0 aromatic heterocycles. The number of aromatic hydroxyl groups is 1. The third kappa shape index (κ3) is 4.28. The molecule has 3 aromatic carbocycles. The predicted octanol–water partition coefficient (Wildman–Crippen LogP) is 5.20. The maximum Gasteiger partial charge on any atom is 0.125 e. The first kappa shape index (κ1) is 17.2. The summed E-state index contributed by atoms with van der Waals surface area (Å²) in [6.07, 6.45) is 0. The molecule has 25 heavy (non-hydrogen) atoms. The predicted molar refractivity (Wildman–Crippen MR) is 105 cm³/mol. The standard InChI is InChI=1S/C21H18BrNO2/c1-25-18-10-7-15(8-11-18)14-23-21(16-5-3-2-4-6-16)19-13-17(22)9-12-20(19)24/h2-13,24H,14H2,1H3/b23-21+. The number of halogens is 1. The molecule has 0 aliphatic carbocycles. The van der Waals surface area contributed by atoms with E-state index in [1.165, 1.54) is 0 Å². The van der Waals surface area contributed by atoms with E-state index in [1.54, 1.807) is 13.2 Å². The molecule has 3 nitrogen and oxygen atoms in total. The Morgan fingerprint density at radius 1 is 1.00 bits per heavy atom. The van der Waals surface area contributed by atoms with Crippen LogP contribution in [0.3, 0.4) is 0 Å². The Hall–Kier alpha value is -2.59. The second kappa shape index (κ2) is 7.99. The van der Waals surface area contributed by atoms with Crippen molar-refractivity contribution in [2.75, 3.05) is 7.11 Å². The number of phenols is 1. The van der Waals surface area contributed by atoms with Crippen LogP contribution < -0.4 is 4.74 Å². The Morgan fingerprint density at radius 2 is 1.72 bits per heavy atom. The normalized spacial score (nSPS) is 11.4. The number of rotatable bonds is 5. The monoisotopic (exact) mass is 395 g/mol. The zero-order valence-electron chi connectivity index (χ0n) is 13.8. The van der Waals surface area contributed by atoms with Crippen molar-refractivity contribution in [2.24, 2.45) is 4.99 Å². The first-order valence-electron chi connectivity index (χ1n) is 7.89. The molecule has 3 rings (SSSR count). The fourth-order valence-electron chi connectivity index (χ4n) is 2.53. The summed E-state index contributed by atoms with van der Waals surface area (Å²) in [5.41, 5.74) is 3.50. The molecule has 3 aromatic rings. The Bertz CT molecular complexity index is 874. The number of methoxy groups -OCH3 is 1. The maximum atomic E-state index is 10.3. The van der Waals surface area contributed by atoms with Crippen LogP contribution in [-0.2, 0) is 6.54 Å². The van der Waals surface area contributed by atoms with Crippen LogP contribution in [0.5, 0.6) is 11.5 Å². The molecule has 0 saturated heterocycles. The molecule has 0 atom stereocenters. The van der Waals surface area contributed by atoms with Crippen molar-refractivity contribution in [3.05, 3.63) is 94.0 Å². The van der Waals surface area contributed by atoms with Gasteiger partial charge in [-0.1, -0.05) is 58.4 Å². The lowest BCUT2D eigenvalue weighted by molar-refractivity contribution is 0.414. The average Bonchev–Trinajstić information content (AvgIpc) is 2.66. The number of hydrogen-bond donors (Lipinski definition) is 1. The zero-order valence-corrected chi connectivity index (χ0v) is 15.4. The zero-order chi connectivity index (χ0) is 17.6. The number of nitrogens with zero attached hydrogens (tertiary/aromatic N) is 1. The van der Waals surface area contributed by atoms with Crippen LogP contribution in [0.4, 0.5) is 0 Å². The number of ether oxygens (including phenoxy) is 1. The summed E-state index contributed by atoms with van der Waals surface area (Å²) in [5.74, 6) is 1.03. The van der Waals surface area contributed by atoms with Crippen LogP contribution in [0, 0.1) is 0 Å². The van der Waals surface area contributed by atoms with E-state index in [4.69, 9.17) is 9.73 Å². The van der Waals surface area contributed by atoms with Gasteiger partial charge >= 0.3 is 0 Å². The summed E-state index contributed by atoms with van der Waals surface area (Å²) in [5, 5.41) is 10.3. The molecule has 0 unspecified atom stereocenters. The molecule has 0 aliphatic heterocycles. The summed E-state index contributed by atoms with van der Waals surface area (Å²) in [6, 6.07) is 23.1. The van der Waals surface area contributed by atoms with E-state index in [2.05, 4.69) is 15.9 Å². The summed E-state index contributed by atoms with van der Waals surface area (Å²) in [6.45, 7) is 0.514. The van der Waals surface area contributed by atoms with Gasteiger partial charge in [0, 0.05) is 15.6 Å². The van der Waals surface area contributed by atoms with Crippen LogP contribution in [0.1, 0.15) is 16.7 Å². The van der Waals surface area contributed by atoms with Gasteiger partial charge in [-0.15, -0.1) is 0 Å². The third-order valence-electron chi connectivity index (χ3n) is 3.84. The van der Waals surface area contributed by atoms with Crippen molar-refractivity contribution in [3.63, 3.8) is 0 Å². The van der Waals surface area contributed by atoms with Gasteiger partial charge in [0.25, 0.3) is 0 Å². The van der Waals surface area contributed by atoms with Crippen molar-refractivity contribution in [3.8, 4) is 11.5 Å². The van der Waals surface area contributed by atoms with E-state index in [0.717, 1.165) is 27.1 Å². The lowest BCUT2D eigenvalue weighted by atomic mass is 10.0. The topological polar surface area (TPSA) is 41.8 Å². The summed E-state index contributed by atoms with van der Waals surface area (Å²) in [7, 11) is 1.65. The van der Waals surface area contributed by atoms with Crippen molar-refractivity contribution in [1.82, 2.24) is 0 Å². The number of hydrogen-bond acceptors (Lipinski definition) is 3. The van der Waals surface area contributed by atoms with Gasteiger partial charge in [0.15, 0.2) is 0 Å². The van der Waals surface area contributed by atoms with Crippen molar-refractivity contribution in [2.45, 2.75) is 6.54 Å². The Morgan fingerprint density at radius 3 is 2.40 bits per heavy atom. The Kier molecular flexibility index (Phi) is 5.51. The molecular formula is C21H18BrNO2. The largest absolute Gasteiger partial charge is 0.507 e. The van der Waals surface area contributed by atoms with Crippen molar-refractivity contribution >= 4 is 21.6 Å². The molecule has 0 saturated carbocycles. The number of phenolic OH excluding ortho intramolecular Hbond substituents is 1. The Balaban J connectivity index is 2.00. The second-order valence-corrected chi connectivity index (χ2v) is 6.46. The fraction of sp³-hybridized carbons (Fsp3) is 0.0952. The lowest BCUT2D eigenvalue weighted by Gasteiger charge is -2.10. The average molecular weight is 396 g/mol. The van der Waals surface area contributed by atoms with Crippen molar-refractivity contribution in [1.29, 1.82) is 0 Å². The third-order valence-corrected chi connectivity index (χ3v) is 4.33. The molecule has 0 amide bonds. The van der Waals surface area contributed by atoms with E-state index in [0.29, 0.717) is 12.1 Å². The maximum absolute atomic E-state index is 10.3. The molecule has 0 bridgehead atoms. The van der Waals surface area contributed by atoms with Gasteiger partial charge in [0.05, 0.1) is 19.4 Å². The fourth-order valence-corrected chi connectivity index (χ4v) is 2.89. The molecule has 0 aliphatic rings. The molecule has 1 N–H and O–H groups in total. The minimum atomic E-state index is 0.209. The highest BCUT2D eigenvalue weighted by molar-refractivity contribution is 9.10. The first-order valence-corrected chi connectivity index (χ1v) is 8.68. The Labute approximate surface area is 155 Å². The smallest absolute Gasteiger partial charge is 0.125 e. The van der Waals surface area contributed by atoms with Crippen LogP contribution in [-0.4, -0.2) is 17.9 Å². The van der Waals surface area contributed by atoms with E-state index < -0.39 is 0 Å². The van der Waals surface area contributed by atoms with Gasteiger partial charge in [-0.3, -0.25) is 4.99 Å². The molecule has 0 heterocycles. The number of benzene rings is 3. The number of aliphatic imine (C=N–C) groups is 1. The highest BCUT2D eigenvalue weighted by atomic mass is 79.9. The minimum Gasteiger partial charge on any atom is -0.507 e. The highest BCUT2D eigenvalue weighted by Crippen LogP contribution is 2.25. The van der Waals surface area contributed by atoms with E-state index in [-0.39, 0.29) is 5.75 Å². The van der Waals surface area contributed by atoms with E-state index >= 15 is 0 Å². The SMILES string of the molecule is COc1ccc(C/N=C(\c2ccccc2)c2cc(Br)ccc2O)cc1. The lowest BCUT2D eigenvalue weighted by Crippen LogP contribution is -2.05. The van der Waals surface area contributed by atoms with Crippen LogP contribution in [0.15, 0.2) is 82.3 Å². The quantitative estimate of drug-likeness (QED) is 0.603. The van der Waals surface area contributed by atoms with E-state index in [9.17, 15) is 5.11 Å². The van der Waals surface area contributed by atoms with Gasteiger partial charge in [-0.2, -0.15) is 0 Å². The van der Waals surface area contributed by atoms with E-state index in [1.807, 2.05) is 66.7 Å². The highest BCUT2D eigenvalue weighted by Gasteiger charge is 2.12. The van der Waals surface area contributed by atoms with Gasteiger partial charge in [0.2, 0.25) is 0 Å². The molecule has 0 radical (unpaired) electrons. The summed E-state index contributed by atoms with van der Waals surface area (Å²) < 4.78 is 6.08. The summed E-state index contributed by atoms with van der Waals surface area (Å²) in [4.78, 5) is 4.79. The minimum absolute atomic E-state index is 0.209. The van der Waals surface area contributed by atoms with Gasteiger partial charge in [-0.05, 0) is 35.9 Å². The molecule has 0 fully saturated rings. The molecule has 126 valence electrons. The first-order chi connectivity index (χ1) is 12.2.